The van der Waals surface area contributed by atoms with Crippen molar-refractivity contribution < 1.29 is 26.4 Å². The lowest BCUT2D eigenvalue weighted by Gasteiger charge is -2.14. The first-order valence-corrected chi connectivity index (χ1v) is 10.8. The van der Waals surface area contributed by atoms with Gasteiger partial charge in [0.2, 0.25) is 0 Å². The van der Waals surface area contributed by atoms with Gasteiger partial charge in [-0.05, 0) is 34.1 Å². The van der Waals surface area contributed by atoms with E-state index < -0.39 is 27.5 Å². The molecule has 0 atom stereocenters. The highest BCUT2D eigenvalue weighted by Crippen LogP contribution is 2.37. The minimum atomic E-state index is -4.65. The monoisotopic (exact) mass is 488 g/mol. The fourth-order valence-corrected chi connectivity index (χ4v) is 4.63. The summed E-state index contributed by atoms with van der Waals surface area (Å²) in [7, 11) is -3.80. The molecule has 0 saturated carbocycles. The first-order chi connectivity index (χ1) is 13.5. The van der Waals surface area contributed by atoms with Gasteiger partial charge >= 0.3 is 6.18 Å². The lowest BCUT2D eigenvalue weighted by Crippen LogP contribution is -2.25. The number of rotatable bonds is 3. The van der Waals surface area contributed by atoms with Gasteiger partial charge in [0, 0.05) is 16.9 Å². The Morgan fingerprint density at radius 3 is 2.66 bits per heavy atom. The van der Waals surface area contributed by atoms with Crippen molar-refractivity contribution in [3.05, 3.63) is 51.9 Å². The molecule has 7 nitrogen and oxygen atoms in total. The summed E-state index contributed by atoms with van der Waals surface area (Å²) in [6, 6.07) is 3.90. The Morgan fingerprint density at radius 2 is 2.00 bits per heavy atom. The number of anilines is 1. The zero-order valence-electron chi connectivity index (χ0n) is 14.7. The fraction of sp³-hybridized carbons (Fsp3) is 0.235. The summed E-state index contributed by atoms with van der Waals surface area (Å²) in [5, 5.41) is 4.24. The number of amides is 1. The maximum Gasteiger partial charge on any atom is 0.417 e. The van der Waals surface area contributed by atoms with Crippen LogP contribution < -0.4 is 4.90 Å². The van der Waals surface area contributed by atoms with Crippen molar-refractivity contribution in [3.8, 4) is 0 Å². The lowest BCUT2D eigenvalue weighted by molar-refractivity contribution is -0.137. The van der Waals surface area contributed by atoms with Crippen LogP contribution in [-0.2, 0) is 22.6 Å². The number of sulfone groups is 1. The third kappa shape index (κ3) is 3.19. The molecule has 4 rings (SSSR count). The van der Waals surface area contributed by atoms with E-state index in [9.17, 15) is 26.4 Å². The van der Waals surface area contributed by atoms with E-state index in [0.29, 0.717) is 10.7 Å². The third-order valence-corrected chi connectivity index (χ3v) is 6.80. The van der Waals surface area contributed by atoms with Crippen molar-refractivity contribution in [3.63, 3.8) is 0 Å². The van der Waals surface area contributed by atoms with E-state index in [4.69, 9.17) is 0 Å². The molecule has 0 spiro atoms. The highest BCUT2D eigenvalue weighted by Gasteiger charge is 2.39. The van der Waals surface area contributed by atoms with Gasteiger partial charge in [0.15, 0.2) is 15.7 Å². The number of fused-ring (bicyclic) bond motifs is 2. The van der Waals surface area contributed by atoms with Gasteiger partial charge in [-0.15, -0.1) is 5.10 Å². The van der Waals surface area contributed by atoms with Crippen molar-refractivity contribution in [2.24, 2.45) is 0 Å². The predicted octanol–water partition coefficient (Wildman–Crippen LogP) is 3.46. The molecule has 12 heteroatoms. The van der Waals surface area contributed by atoms with Crippen LogP contribution in [0.25, 0.3) is 5.52 Å². The second-order valence-corrected chi connectivity index (χ2v) is 9.47. The van der Waals surface area contributed by atoms with Crippen LogP contribution in [0, 0.1) is 0 Å². The topological polar surface area (TPSA) is 84.6 Å². The Hall–Kier alpha value is -2.47. The number of carbonyl (C=O) groups excluding carboxylic acids is 1. The molecule has 3 aromatic rings. The SMILES string of the molecule is CCS(=O)(=O)c1c(N2Cc3ncc(C(F)(F)F)cc3C2=O)nn2cc(Br)ccc12. The Kier molecular flexibility index (Phi) is 4.46. The second kappa shape index (κ2) is 6.52. The maximum absolute atomic E-state index is 13.0. The number of hydrogen-bond donors (Lipinski definition) is 0. The maximum atomic E-state index is 13.0. The molecule has 4 heterocycles. The quantitative estimate of drug-likeness (QED) is 0.563. The Labute approximate surface area is 171 Å². The number of halogens is 4. The third-order valence-electron chi connectivity index (χ3n) is 4.56. The molecule has 0 aliphatic carbocycles. The van der Waals surface area contributed by atoms with E-state index in [1.807, 2.05) is 0 Å². The van der Waals surface area contributed by atoms with Crippen LogP contribution in [-0.4, -0.2) is 34.7 Å². The Morgan fingerprint density at radius 1 is 1.28 bits per heavy atom. The minimum absolute atomic E-state index is 0.126. The minimum Gasteiger partial charge on any atom is -0.284 e. The van der Waals surface area contributed by atoms with Gasteiger partial charge in [0.1, 0.15) is 4.90 Å². The second-order valence-electron chi connectivity index (χ2n) is 6.34. The van der Waals surface area contributed by atoms with Crippen LogP contribution in [0.2, 0.25) is 0 Å². The first-order valence-electron chi connectivity index (χ1n) is 8.31. The molecule has 0 fully saturated rings. The molecule has 0 aromatic carbocycles. The molecular weight excluding hydrogens is 477 g/mol. The molecule has 0 unspecified atom stereocenters. The zero-order chi connectivity index (χ0) is 21.1. The van der Waals surface area contributed by atoms with E-state index in [0.717, 1.165) is 11.0 Å². The van der Waals surface area contributed by atoms with Gasteiger partial charge < -0.3 is 0 Å². The number of nitrogens with zero attached hydrogens (tertiary/aromatic N) is 4. The van der Waals surface area contributed by atoms with Crippen LogP contribution in [0.1, 0.15) is 28.5 Å². The van der Waals surface area contributed by atoms with Gasteiger partial charge in [-0.25, -0.2) is 12.9 Å². The number of pyridine rings is 2. The van der Waals surface area contributed by atoms with Gasteiger partial charge in [-0.1, -0.05) is 6.92 Å². The number of aromatic nitrogens is 3. The smallest absolute Gasteiger partial charge is 0.284 e. The van der Waals surface area contributed by atoms with Crippen LogP contribution in [0.15, 0.2) is 40.0 Å². The van der Waals surface area contributed by atoms with Gasteiger partial charge in [-0.2, -0.15) is 13.2 Å². The van der Waals surface area contributed by atoms with Crippen molar-refractivity contribution in [2.75, 3.05) is 10.7 Å². The average molecular weight is 489 g/mol. The molecule has 0 radical (unpaired) electrons. The molecule has 0 saturated heterocycles. The summed E-state index contributed by atoms with van der Waals surface area (Å²) >= 11 is 3.27. The van der Waals surface area contributed by atoms with Crippen molar-refractivity contribution in [2.45, 2.75) is 24.5 Å². The average Bonchev–Trinajstić information content (AvgIpc) is 3.18. The normalized spacial score (nSPS) is 14.7. The molecule has 152 valence electrons. The summed E-state index contributed by atoms with van der Waals surface area (Å²) < 4.78 is 66.4. The first kappa shape index (κ1) is 19.8. The van der Waals surface area contributed by atoms with Crippen LogP contribution in [0.5, 0.6) is 0 Å². The van der Waals surface area contributed by atoms with Crippen molar-refractivity contribution in [1.82, 2.24) is 14.6 Å². The predicted molar refractivity (Wildman–Crippen MR) is 100 cm³/mol. The van der Waals surface area contributed by atoms with E-state index in [1.54, 1.807) is 6.07 Å². The summed E-state index contributed by atoms with van der Waals surface area (Å²) in [4.78, 5) is 17.5. The molecule has 3 aromatic heterocycles. The Bertz CT molecular complexity index is 1270. The fourth-order valence-electron chi connectivity index (χ4n) is 3.11. The molecule has 1 aliphatic heterocycles. The molecule has 29 heavy (non-hydrogen) atoms. The van der Waals surface area contributed by atoms with Crippen molar-refractivity contribution in [1.29, 1.82) is 0 Å². The molecule has 1 aliphatic rings. The molecule has 1 amide bonds. The number of alkyl halides is 3. The highest BCUT2D eigenvalue weighted by molar-refractivity contribution is 9.10. The molecule has 0 N–H and O–H groups in total. The summed E-state index contributed by atoms with van der Waals surface area (Å²) in [6.07, 6.45) is -2.47. The van der Waals surface area contributed by atoms with Crippen LogP contribution in [0.3, 0.4) is 0 Å². The van der Waals surface area contributed by atoms with Crippen LogP contribution >= 0.6 is 15.9 Å². The zero-order valence-corrected chi connectivity index (χ0v) is 17.1. The van der Waals surface area contributed by atoms with Gasteiger partial charge in [0.05, 0.1) is 34.6 Å². The van der Waals surface area contributed by atoms with Gasteiger partial charge in [0.25, 0.3) is 5.91 Å². The van der Waals surface area contributed by atoms with E-state index >= 15 is 0 Å². The highest BCUT2D eigenvalue weighted by atomic mass is 79.9. The van der Waals surface area contributed by atoms with Crippen molar-refractivity contribution >= 4 is 43.0 Å². The molecule has 0 bridgehead atoms. The van der Waals surface area contributed by atoms with Gasteiger partial charge in [-0.3, -0.25) is 14.7 Å². The molecular formula is C17H12BrF3N4O3S. The van der Waals surface area contributed by atoms with E-state index in [1.165, 1.54) is 23.7 Å². The summed E-state index contributed by atoms with van der Waals surface area (Å²) in [5.74, 6) is -1.15. The number of carbonyl (C=O) groups is 1. The number of hydrogen-bond acceptors (Lipinski definition) is 5. The summed E-state index contributed by atoms with van der Waals surface area (Å²) in [5.41, 5.74) is -0.886. The standard InChI is InChI=1S/C17H12BrF3N4O3S/c1-2-29(27,28)14-13-4-3-10(18)7-25(13)23-15(14)24-8-12-11(16(24)26)5-9(6-22-12)17(19,20)21/h3-7H,2,8H2,1H3. The summed E-state index contributed by atoms with van der Waals surface area (Å²) in [6.45, 7) is 1.28. The van der Waals surface area contributed by atoms with Crippen LogP contribution in [0.4, 0.5) is 19.0 Å². The Balaban J connectivity index is 1.89. The van der Waals surface area contributed by atoms with E-state index in [2.05, 4.69) is 26.0 Å². The lowest BCUT2D eigenvalue weighted by atomic mass is 10.1. The largest absolute Gasteiger partial charge is 0.417 e. The van der Waals surface area contributed by atoms with E-state index in [-0.39, 0.29) is 39.8 Å².